The van der Waals surface area contributed by atoms with Gasteiger partial charge < -0.3 is 10.5 Å². The molecule has 2 N–H and O–H groups in total. The highest BCUT2D eigenvalue weighted by molar-refractivity contribution is 7.91. The van der Waals surface area contributed by atoms with E-state index < -0.39 is 9.84 Å². The van der Waals surface area contributed by atoms with Crippen LogP contribution in [-0.4, -0.2) is 37.0 Å². The molecule has 0 spiro atoms. The molecule has 3 unspecified atom stereocenters. The molecule has 1 aromatic heterocycles. The van der Waals surface area contributed by atoms with Gasteiger partial charge in [-0.25, -0.2) is 18.4 Å². The Bertz CT molecular complexity index is 562. The first-order chi connectivity index (χ1) is 9.41. The minimum absolute atomic E-state index is 0.128. The van der Waals surface area contributed by atoms with Crippen LogP contribution in [0.1, 0.15) is 37.4 Å². The van der Waals surface area contributed by atoms with Crippen molar-refractivity contribution in [3.63, 3.8) is 0 Å². The molecular formula is C13H21N3O3S. The highest BCUT2D eigenvalue weighted by Gasteiger charge is 2.32. The summed E-state index contributed by atoms with van der Waals surface area (Å²) in [5, 5.41) is -0.281. The van der Waals surface area contributed by atoms with E-state index >= 15 is 0 Å². The van der Waals surface area contributed by atoms with Crippen LogP contribution in [-0.2, 0) is 9.84 Å². The van der Waals surface area contributed by atoms with E-state index in [2.05, 4.69) is 9.97 Å². The van der Waals surface area contributed by atoms with E-state index in [-0.39, 0.29) is 17.2 Å². The van der Waals surface area contributed by atoms with Crippen LogP contribution in [0.4, 0.5) is 0 Å². The lowest BCUT2D eigenvalue weighted by atomic mass is 9.82. The van der Waals surface area contributed by atoms with Crippen LogP contribution >= 0.6 is 0 Å². The largest absolute Gasteiger partial charge is 0.481 e. The van der Waals surface area contributed by atoms with Crippen LogP contribution in [0.15, 0.2) is 12.4 Å². The second-order valence-corrected chi connectivity index (χ2v) is 7.71. The molecule has 0 bridgehead atoms. The molecule has 1 aliphatic rings. The molecule has 0 aliphatic heterocycles. The molecule has 1 saturated carbocycles. The van der Waals surface area contributed by atoms with Crippen LogP contribution in [0, 0.1) is 5.92 Å². The molecule has 0 aromatic carbocycles. The van der Waals surface area contributed by atoms with E-state index in [1.807, 2.05) is 0 Å². The SMILES string of the molecule is COc1cc(C(N)C2CCCC(S(C)(=O)=O)C2)ncn1. The molecule has 0 amide bonds. The Morgan fingerprint density at radius 2 is 2.15 bits per heavy atom. The van der Waals surface area contributed by atoms with Crippen LogP contribution in [0.3, 0.4) is 0 Å². The Morgan fingerprint density at radius 1 is 1.40 bits per heavy atom. The fraction of sp³-hybridized carbons (Fsp3) is 0.692. The molecule has 20 heavy (non-hydrogen) atoms. The van der Waals surface area contributed by atoms with Gasteiger partial charge in [0.05, 0.1) is 24.1 Å². The summed E-state index contributed by atoms with van der Waals surface area (Å²) in [6.07, 6.45) is 5.88. The molecule has 1 aliphatic carbocycles. The zero-order chi connectivity index (χ0) is 14.8. The van der Waals surface area contributed by atoms with Crippen LogP contribution in [0.25, 0.3) is 0 Å². The first-order valence-electron chi connectivity index (χ1n) is 6.72. The summed E-state index contributed by atoms with van der Waals surface area (Å²) in [5.41, 5.74) is 6.96. The van der Waals surface area contributed by atoms with Gasteiger partial charge in [0, 0.05) is 12.3 Å². The maximum absolute atomic E-state index is 11.7. The van der Waals surface area contributed by atoms with E-state index in [1.54, 1.807) is 6.07 Å². The number of ether oxygens (including phenoxy) is 1. The Balaban J connectivity index is 2.13. The van der Waals surface area contributed by atoms with Gasteiger partial charge in [0.2, 0.25) is 5.88 Å². The summed E-state index contributed by atoms with van der Waals surface area (Å²) in [6.45, 7) is 0. The third kappa shape index (κ3) is 3.46. The molecule has 1 heterocycles. The van der Waals surface area contributed by atoms with Crippen molar-refractivity contribution in [1.29, 1.82) is 0 Å². The third-order valence-electron chi connectivity index (χ3n) is 3.99. The van der Waals surface area contributed by atoms with Gasteiger partial charge in [0.25, 0.3) is 0 Å². The minimum atomic E-state index is -3.00. The van der Waals surface area contributed by atoms with Crippen molar-refractivity contribution in [3.8, 4) is 5.88 Å². The summed E-state index contributed by atoms with van der Waals surface area (Å²) in [4.78, 5) is 8.14. The van der Waals surface area contributed by atoms with E-state index in [0.717, 1.165) is 19.3 Å². The predicted molar refractivity (Wildman–Crippen MR) is 76.1 cm³/mol. The van der Waals surface area contributed by atoms with Crippen LogP contribution in [0.2, 0.25) is 0 Å². The van der Waals surface area contributed by atoms with E-state index in [4.69, 9.17) is 10.5 Å². The zero-order valence-electron chi connectivity index (χ0n) is 11.8. The lowest BCUT2D eigenvalue weighted by Gasteiger charge is -2.31. The maximum Gasteiger partial charge on any atom is 0.216 e. The number of methoxy groups -OCH3 is 1. The maximum atomic E-state index is 11.7. The smallest absolute Gasteiger partial charge is 0.216 e. The number of rotatable bonds is 4. The Kier molecular flexibility index (Phi) is 4.59. The summed E-state index contributed by atoms with van der Waals surface area (Å²) in [6, 6.07) is 1.44. The Morgan fingerprint density at radius 3 is 2.80 bits per heavy atom. The van der Waals surface area contributed by atoms with Crippen molar-refractivity contribution in [2.75, 3.05) is 13.4 Å². The average molecular weight is 299 g/mol. The highest BCUT2D eigenvalue weighted by atomic mass is 32.2. The Hall–Kier alpha value is -1.21. The molecule has 2 rings (SSSR count). The van der Waals surface area contributed by atoms with Gasteiger partial charge in [-0.15, -0.1) is 0 Å². The molecule has 3 atom stereocenters. The number of aromatic nitrogens is 2. The number of hydrogen-bond acceptors (Lipinski definition) is 6. The summed E-state index contributed by atoms with van der Waals surface area (Å²) in [5.74, 6) is 0.601. The molecular weight excluding hydrogens is 278 g/mol. The molecule has 112 valence electrons. The molecule has 0 radical (unpaired) electrons. The molecule has 1 fully saturated rings. The lowest BCUT2D eigenvalue weighted by molar-refractivity contribution is 0.304. The quantitative estimate of drug-likeness (QED) is 0.894. The predicted octanol–water partition coefficient (Wildman–Crippen LogP) is 1.09. The van der Waals surface area contributed by atoms with Gasteiger partial charge in [0.1, 0.15) is 16.2 Å². The van der Waals surface area contributed by atoms with E-state index in [1.165, 1.54) is 19.7 Å². The van der Waals surface area contributed by atoms with Crippen LogP contribution in [0.5, 0.6) is 5.88 Å². The number of sulfone groups is 1. The number of nitrogens with zero attached hydrogens (tertiary/aromatic N) is 2. The third-order valence-corrected chi connectivity index (χ3v) is 5.63. The monoisotopic (exact) mass is 299 g/mol. The van der Waals surface area contributed by atoms with Gasteiger partial charge >= 0.3 is 0 Å². The topological polar surface area (TPSA) is 95.2 Å². The lowest BCUT2D eigenvalue weighted by Crippen LogP contribution is -2.33. The first-order valence-corrected chi connectivity index (χ1v) is 8.67. The molecule has 6 nitrogen and oxygen atoms in total. The number of nitrogens with two attached hydrogens (primary N) is 1. The van der Waals surface area contributed by atoms with Gasteiger partial charge in [-0.3, -0.25) is 0 Å². The highest BCUT2D eigenvalue weighted by Crippen LogP contribution is 2.35. The van der Waals surface area contributed by atoms with Crippen molar-refractivity contribution in [2.45, 2.75) is 37.0 Å². The van der Waals surface area contributed by atoms with Gasteiger partial charge in [-0.1, -0.05) is 6.42 Å². The fourth-order valence-corrected chi connectivity index (χ4v) is 3.98. The van der Waals surface area contributed by atoms with E-state index in [0.29, 0.717) is 18.0 Å². The normalized spacial score (nSPS) is 25.1. The van der Waals surface area contributed by atoms with Crippen molar-refractivity contribution in [1.82, 2.24) is 9.97 Å². The summed E-state index contributed by atoms with van der Waals surface area (Å²) < 4.78 is 28.5. The van der Waals surface area contributed by atoms with Crippen LogP contribution < -0.4 is 10.5 Å². The van der Waals surface area contributed by atoms with Crippen molar-refractivity contribution in [2.24, 2.45) is 11.7 Å². The first kappa shape index (κ1) is 15.2. The fourth-order valence-electron chi connectivity index (χ4n) is 2.79. The van der Waals surface area contributed by atoms with Crippen molar-refractivity contribution in [3.05, 3.63) is 18.1 Å². The Labute approximate surface area is 119 Å². The van der Waals surface area contributed by atoms with Crippen molar-refractivity contribution >= 4 is 9.84 Å². The summed E-state index contributed by atoms with van der Waals surface area (Å²) in [7, 11) is -1.46. The number of hydrogen-bond donors (Lipinski definition) is 1. The summed E-state index contributed by atoms with van der Waals surface area (Å²) >= 11 is 0. The minimum Gasteiger partial charge on any atom is -0.481 e. The average Bonchev–Trinajstić information content (AvgIpc) is 2.46. The van der Waals surface area contributed by atoms with Gasteiger partial charge in [0.15, 0.2) is 0 Å². The zero-order valence-corrected chi connectivity index (χ0v) is 12.6. The molecule has 0 saturated heterocycles. The second kappa shape index (κ2) is 6.05. The van der Waals surface area contributed by atoms with Gasteiger partial charge in [-0.2, -0.15) is 0 Å². The molecule has 1 aromatic rings. The standard InChI is InChI=1S/C13H21N3O3S/c1-19-12-7-11(15-8-16-12)13(14)9-4-3-5-10(6-9)20(2,17)18/h7-10,13H,3-6,14H2,1-2H3. The molecule has 7 heteroatoms. The second-order valence-electron chi connectivity index (χ2n) is 5.39. The van der Waals surface area contributed by atoms with Crippen molar-refractivity contribution < 1.29 is 13.2 Å². The van der Waals surface area contributed by atoms with Gasteiger partial charge in [-0.05, 0) is 25.2 Å². The van der Waals surface area contributed by atoms with E-state index in [9.17, 15) is 8.42 Å².